The predicted octanol–water partition coefficient (Wildman–Crippen LogP) is 3.75. The van der Waals surface area contributed by atoms with Gasteiger partial charge in [-0.25, -0.2) is 4.98 Å². The Labute approximate surface area is 160 Å². The second kappa shape index (κ2) is 7.67. The third kappa shape index (κ3) is 3.92. The van der Waals surface area contributed by atoms with Gasteiger partial charge >= 0.3 is 0 Å². The quantitative estimate of drug-likeness (QED) is 0.665. The van der Waals surface area contributed by atoms with Crippen molar-refractivity contribution in [2.45, 2.75) is 6.92 Å². The van der Waals surface area contributed by atoms with Crippen molar-refractivity contribution in [2.24, 2.45) is 0 Å². The Balaban J connectivity index is 1.74. The summed E-state index contributed by atoms with van der Waals surface area (Å²) in [6, 6.07) is 10.9. The van der Waals surface area contributed by atoms with E-state index < -0.39 is 0 Å². The summed E-state index contributed by atoms with van der Waals surface area (Å²) in [5.41, 5.74) is 2.32. The monoisotopic (exact) mass is 387 g/mol. The number of rotatable bonds is 4. The number of amides is 1. The number of anilines is 1. The minimum atomic E-state index is -0.275. The van der Waals surface area contributed by atoms with Crippen LogP contribution >= 0.6 is 23.6 Å². The fourth-order valence-electron chi connectivity index (χ4n) is 2.31. The Morgan fingerprint density at radius 2 is 1.88 bits per heavy atom. The maximum absolute atomic E-state index is 12.2. The molecular weight excluding hydrogens is 370 g/mol. The van der Waals surface area contributed by atoms with Gasteiger partial charge in [0, 0.05) is 11.6 Å². The van der Waals surface area contributed by atoms with Crippen molar-refractivity contribution in [3.8, 4) is 11.5 Å². The molecule has 2 N–H and O–H groups in total. The number of nitrogens with one attached hydrogen (secondary N) is 2. The van der Waals surface area contributed by atoms with Crippen molar-refractivity contribution in [3.05, 3.63) is 47.5 Å². The zero-order chi connectivity index (χ0) is 18.7. The van der Waals surface area contributed by atoms with E-state index in [4.69, 9.17) is 21.7 Å². The third-order valence-electron chi connectivity index (χ3n) is 3.65. The number of aromatic nitrogens is 1. The molecule has 3 aromatic rings. The van der Waals surface area contributed by atoms with Crippen molar-refractivity contribution >= 4 is 49.9 Å². The van der Waals surface area contributed by atoms with Gasteiger partial charge in [0.1, 0.15) is 17.0 Å². The number of thiocarbonyl (C=S) groups is 1. The number of nitrogens with zero attached hydrogens (tertiary/aromatic N) is 1. The first kappa shape index (κ1) is 18.1. The molecule has 0 atom stereocenters. The van der Waals surface area contributed by atoms with Gasteiger partial charge < -0.3 is 14.8 Å². The number of hydrogen-bond acceptors (Lipinski definition) is 6. The maximum atomic E-state index is 12.2. The second-order valence-corrected chi connectivity index (χ2v) is 6.91. The Hall–Kier alpha value is -2.71. The number of carbonyl (C=O) groups is 1. The van der Waals surface area contributed by atoms with Gasteiger partial charge in [0.25, 0.3) is 5.91 Å². The number of thiazole rings is 1. The van der Waals surface area contributed by atoms with Crippen LogP contribution in [0.5, 0.6) is 11.5 Å². The molecule has 26 heavy (non-hydrogen) atoms. The number of ether oxygens (including phenoxy) is 2. The van der Waals surface area contributed by atoms with Crippen LogP contribution in [0.25, 0.3) is 10.2 Å². The van der Waals surface area contributed by atoms with E-state index in [1.807, 2.05) is 25.1 Å². The van der Waals surface area contributed by atoms with Crippen LogP contribution in [0.15, 0.2) is 36.4 Å². The minimum Gasteiger partial charge on any atom is -0.497 e. The molecule has 1 amide bonds. The van der Waals surface area contributed by atoms with E-state index in [2.05, 4.69) is 15.6 Å². The highest BCUT2D eigenvalue weighted by Crippen LogP contribution is 2.36. The van der Waals surface area contributed by atoms with E-state index in [0.29, 0.717) is 27.7 Å². The molecule has 6 nitrogen and oxygen atoms in total. The van der Waals surface area contributed by atoms with Crippen molar-refractivity contribution in [1.82, 2.24) is 10.3 Å². The Kier molecular flexibility index (Phi) is 5.34. The number of carbonyl (C=O) groups excluding carboxylic acids is 1. The normalized spacial score (nSPS) is 10.4. The van der Waals surface area contributed by atoms with Gasteiger partial charge in [0.05, 0.1) is 18.9 Å². The van der Waals surface area contributed by atoms with Gasteiger partial charge in [-0.3, -0.25) is 10.1 Å². The smallest absolute Gasteiger partial charge is 0.257 e. The summed E-state index contributed by atoms with van der Waals surface area (Å²) in [7, 11) is 3.17. The van der Waals surface area contributed by atoms with Gasteiger partial charge in [0.2, 0.25) is 0 Å². The lowest BCUT2D eigenvalue weighted by Gasteiger charge is -2.07. The van der Waals surface area contributed by atoms with Gasteiger partial charge in [-0.1, -0.05) is 29.0 Å². The topological polar surface area (TPSA) is 72.5 Å². The first-order valence-electron chi connectivity index (χ1n) is 7.71. The van der Waals surface area contributed by atoms with Gasteiger partial charge in [-0.15, -0.1) is 0 Å². The van der Waals surface area contributed by atoms with Crippen LogP contribution in [0.1, 0.15) is 15.9 Å². The van der Waals surface area contributed by atoms with Crippen LogP contribution in [0, 0.1) is 6.92 Å². The summed E-state index contributed by atoms with van der Waals surface area (Å²) in [6.07, 6.45) is 0. The van der Waals surface area contributed by atoms with E-state index in [-0.39, 0.29) is 11.0 Å². The number of benzene rings is 2. The van der Waals surface area contributed by atoms with Crippen LogP contribution in [-0.2, 0) is 0 Å². The number of aryl methyl sites for hydroxylation is 1. The SMILES string of the molecule is COc1cc(OC)c2nc(NC(=S)NC(=O)c3ccc(C)cc3)sc2c1. The van der Waals surface area contributed by atoms with Crippen LogP contribution < -0.4 is 20.1 Å². The van der Waals surface area contributed by atoms with Crippen LogP contribution in [0.3, 0.4) is 0 Å². The molecular formula is C18H17N3O3S2. The molecule has 1 aromatic heterocycles. The summed E-state index contributed by atoms with van der Waals surface area (Å²) in [4.78, 5) is 16.7. The summed E-state index contributed by atoms with van der Waals surface area (Å²) < 4.78 is 11.5. The van der Waals surface area contributed by atoms with Crippen molar-refractivity contribution in [1.29, 1.82) is 0 Å². The molecule has 134 valence electrons. The average Bonchev–Trinajstić information content (AvgIpc) is 3.03. The Bertz CT molecular complexity index is 968. The molecule has 0 fully saturated rings. The summed E-state index contributed by atoms with van der Waals surface area (Å²) >= 11 is 6.61. The molecule has 0 radical (unpaired) electrons. The molecule has 0 bridgehead atoms. The highest BCUT2D eigenvalue weighted by Gasteiger charge is 2.13. The van der Waals surface area contributed by atoms with E-state index in [1.54, 1.807) is 32.4 Å². The lowest BCUT2D eigenvalue weighted by molar-refractivity contribution is 0.0977. The molecule has 0 aliphatic heterocycles. The fourth-order valence-corrected chi connectivity index (χ4v) is 3.48. The van der Waals surface area contributed by atoms with Gasteiger partial charge in [0.15, 0.2) is 10.2 Å². The van der Waals surface area contributed by atoms with E-state index >= 15 is 0 Å². The molecule has 8 heteroatoms. The number of hydrogen-bond donors (Lipinski definition) is 2. The standard InChI is InChI=1S/C18H17N3O3S2/c1-10-4-6-11(7-5-10)16(22)20-17(25)21-18-19-15-13(24-3)8-12(23-2)9-14(15)26-18/h4-9H,1-3H3,(H2,19,20,21,22,25). The van der Waals surface area contributed by atoms with Crippen LogP contribution in [-0.4, -0.2) is 30.2 Å². The fraction of sp³-hybridized carbons (Fsp3) is 0.167. The first-order valence-corrected chi connectivity index (χ1v) is 8.94. The number of fused-ring (bicyclic) bond motifs is 1. The van der Waals surface area contributed by atoms with Crippen molar-refractivity contribution in [3.63, 3.8) is 0 Å². The summed E-state index contributed by atoms with van der Waals surface area (Å²) in [5, 5.41) is 6.33. The van der Waals surface area contributed by atoms with E-state index in [1.165, 1.54) is 11.3 Å². The lowest BCUT2D eigenvalue weighted by atomic mass is 10.1. The predicted molar refractivity (Wildman–Crippen MR) is 108 cm³/mol. The molecule has 3 rings (SSSR count). The maximum Gasteiger partial charge on any atom is 0.257 e. The average molecular weight is 387 g/mol. The third-order valence-corrected chi connectivity index (χ3v) is 4.77. The largest absolute Gasteiger partial charge is 0.497 e. The molecule has 0 unspecified atom stereocenters. The molecule has 0 spiro atoms. The zero-order valence-electron chi connectivity index (χ0n) is 14.5. The van der Waals surface area contributed by atoms with Gasteiger partial charge in [-0.05, 0) is 37.3 Å². The van der Waals surface area contributed by atoms with Gasteiger partial charge in [-0.2, -0.15) is 0 Å². The van der Waals surface area contributed by atoms with Crippen molar-refractivity contribution < 1.29 is 14.3 Å². The minimum absolute atomic E-state index is 0.181. The highest BCUT2D eigenvalue weighted by molar-refractivity contribution is 7.80. The Morgan fingerprint density at radius 1 is 1.15 bits per heavy atom. The molecule has 2 aromatic carbocycles. The lowest BCUT2D eigenvalue weighted by Crippen LogP contribution is -2.34. The number of methoxy groups -OCH3 is 2. The van der Waals surface area contributed by atoms with E-state index in [9.17, 15) is 4.79 Å². The first-order chi connectivity index (χ1) is 12.5. The second-order valence-electron chi connectivity index (χ2n) is 5.47. The molecule has 0 saturated heterocycles. The van der Waals surface area contributed by atoms with E-state index in [0.717, 1.165) is 10.3 Å². The summed E-state index contributed by atoms with van der Waals surface area (Å²) in [5.74, 6) is 1.01. The highest BCUT2D eigenvalue weighted by atomic mass is 32.1. The molecule has 0 saturated carbocycles. The molecule has 0 aliphatic carbocycles. The molecule has 0 aliphatic rings. The van der Waals surface area contributed by atoms with Crippen LogP contribution in [0.4, 0.5) is 5.13 Å². The zero-order valence-corrected chi connectivity index (χ0v) is 16.1. The van der Waals surface area contributed by atoms with Crippen molar-refractivity contribution in [2.75, 3.05) is 19.5 Å². The molecule has 1 heterocycles. The Morgan fingerprint density at radius 3 is 2.54 bits per heavy atom. The summed E-state index contributed by atoms with van der Waals surface area (Å²) in [6.45, 7) is 1.96. The van der Waals surface area contributed by atoms with Crippen LogP contribution in [0.2, 0.25) is 0 Å².